The number of aryl methyl sites for hydroxylation is 2. The second kappa shape index (κ2) is 18.2. The fourth-order valence-electron chi connectivity index (χ4n) is 8.37. The van der Waals surface area contributed by atoms with E-state index in [1.54, 1.807) is 0 Å². The number of para-hydroxylation sites is 2. The van der Waals surface area contributed by atoms with Gasteiger partial charge >= 0.3 is 11.9 Å². The fourth-order valence-corrected chi connectivity index (χ4v) is 8.37. The first kappa shape index (κ1) is 38.5. The predicted molar refractivity (Wildman–Crippen MR) is 198 cm³/mol. The van der Waals surface area contributed by atoms with Crippen molar-refractivity contribution in [1.29, 1.82) is 0 Å². The molecule has 52 heavy (non-hydrogen) atoms. The third kappa shape index (κ3) is 9.45. The van der Waals surface area contributed by atoms with Gasteiger partial charge in [0.2, 0.25) is 5.60 Å². The van der Waals surface area contributed by atoms with Crippen LogP contribution < -0.4 is 9.80 Å². The van der Waals surface area contributed by atoms with Crippen molar-refractivity contribution in [2.45, 2.75) is 94.2 Å². The first-order chi connectivity index (χ1) is 25.2. The van der Waals surface area contributed by atoms with Crippen molar-refractivity contribution in [2.75, 3.05) is 81.9 Å². The van der Waals surface area contributed by atoms with Gasteiger partial charge in [0.05, 0.1) is 19.7 Å². The summed E-state index contributed by atoms with van der Waals surface area (Å²) < 4.78 is 11.8. The Morgan fingerprint density at radius 1 is 0.635 bits per heavy atom. The molecule has 2 aromatic carbocycles. The number of anilines is 2. The highest BCUT2D eigenvalue weighted by Crippen LogP contribution is 2.29. The molecule has 286 valence electrons. The maximum Gasteiger partial charge on any atom is 0.343 e. The minimum atomic E-state index is -2.97. The van der Waals surface area contributed by atoms with E-state index in [1.807, 2.05) is 30.3 Å². The molecule has 0 saturated carbocycles. The number of aliphatic hydroxyl groups is 4. The van der Waals surface area contributed by atoms with Crippen molar-refractivity contribution in [3.05, 3.63) is 59.7 Å². The molecular formula is C40H58N4O8. The number of fused-ring (bicyclic) bond motifs is 2. The summed E-state index contributed by atoms with van der Waals surface area (Å²) >= 11 is 0. The molecule has 0 aromatic heterocycles. The Balaban J connectivity index is 1.14. The minimum absolute atomic E-state index is 0.346. The summed E-state index contributed by atoms with van der Waals surface area (Å²) in [4.78, 5) is 36.1. The van der Waals surface area contributed by atoms with Crippen molar-refractivity contribution in [3.63, 3.8) is 0 Å². The molecule has 5 unspecified atom stereocenters. The molecule has 4 aliphatic rings. The normalized spacial score (nSPS) is 21.9. The largest absolute Gasteiger partial charge is 0.457 e. The first-order valence-electron chi connectivity index (χ1n) is 19.5. The zero-order chi connectivity index (χ0) is 36.5. The zero-order valence-electron chi connectivity index (χ0n) is 30.5. The van der Waals surface area contributed by atoms with Crippen LogP contribution in [0.4, 0.5) is 11.4 Å². The third-order valence-corrected chi connectivity index (χ3v) is 11.3. The molecule has 0 amide bonds. The number of hydrogen-bond acceptors (Lipinski definition) is 12. The summed E-state index contributed by atoms with van der Waals surface area (Å²) in [6.07, 6.45) is 4.18. The molecular weight excluding hydrogens is 664 g/mol. The van der Waals surface area contributed by atoms with Gasteiger partial charge in [-0.1, -0.05) is 49.2 Å². The van der Waals surface area contributed by atoms with Gasteiger partial charge in [0, 0.05) is 37.6 Å². The predicted octanol–water partition coefficient (Wildman–Crippen LogP) is 2.13. The third-order valence-electron chi connectivity index (χ3n) is 11.3. The van der Waals surface area contributed by atoms with E-state index >= 15 is 0 Å². The smallest absolute Gasteiger partial charge is 0.343 e. The SMILES string of the molecule is O=C(OC(CN1CCCCC1)CN1CCCc2ccccc21)C(O)C(O)C(O)(CO)C(=O)OC(CN1CCCCC1)CN1CCCc2ccccc21. The summed E-state index contributed by atoms with van der Waals surface area (Å²) in [5, 5.41) is 44.2. The van der Waals surface area contributed by atoms with E-state index in [4.69, 9.17) is 9.47 Å². The molecule has 12 heteroatoms. The van der Waals surface area contributed by atoms with Crippen LogP contribution in [0.3, 0.4) is 0 Å². The van der Waals surface area contributed by atoms with Crippen molar-refractivity contribution in [1.82, 2.24) is 9.80 Å². The van der Waals surface area contributed by atoms with Crippen LogP contribution in [0, 0.1) is 0 Å². The standard InChI is InChI=1S/C40H58N4O8/c45-29-40(50,39(49)52-33(26-42-21-9-2-10-22-42)28-44-24-12-16-31-14-4-6-18-35(31)44)37(47)36(46)38(48)51-32(25-41-19-7-1-8-20-41)27-43-23-11-15-30-13-3-5-17-34(30)43/h3-6,13-14,17-18,32-33,36-37,45-47,50H,1-2,7-12,15-16,19-29H2. The summed E-state index contributed by atoms with van der Waals surface area (Å²) in [6.45, 7) is 5.31. The molecule has 0 spiro atoms. The van der Waals surface area contributed by atoms with E-state index in [9.17, 15) is 30.0 Å². The number of piperidine rings is 2. The molecule has 2 saturated heterocycles. The Morgan fingerprint density at radius 2 is 1.10 bits per heavy atom. The minimum Gasteiger partial charge on any atom is -0.457 e. The highest BCUT2D eigenvalue weighted by atomic mass is 16.6. The Bertz CT molecular complexity index is 1470. The van der Waals surface area contributed by atoms with Gasteiger partial charge in [0.25, 0.3) is 0 Å². The summed E-state index contributed by atoms with van der Waals surface area (Å²) in [5.41, 5.74) is 1.62. The number of likely N-dealkylation sites (tertiary alicyclic amines) is 2. The maximum absolute atomic E-state index is 13.8. The van der Waals surface area contributed by atoms with E-state index in [0.29, 0.717) is 26.2 Å². The number of carbonyl (C=O) groups is 2. The van der Waals surface area contributed by atoms with E-state index < -0.39 is 48.6 Å². The molecule has 0 bridgehead atoms. The maximum atomic E-state index is 13.8. The number of ether oxygens (including phenoxy) is 2. The molecule has 2 aromatic rings. The number of hydrogen-bond donors (Lipinski definition) is 4. The van der Waals surface area contributed by atoms with Gasteiger partial charge in [-0.2, -0.15) is 0 Å². The highest BCUT2D eigenvalue weighted by molar-refractivity contribution is 5.83. The van der Waals surface area contributed by atoms with Gasteiger partial charge in [0.15, 0.2) is 6.10 Å². The number of carbonyl (C=O) groups excluding carboxylic acids is 2. The van der Waals surface area contributed by atoms with Crippen molar-refractivity contribution in [2.24, 2.45) is 0 Å². The summed E-state index contributed by atoms with van der Waals surface area (Å²) in [5.74, 6) is -2.47. The number of benzene rings is 2. The average Bonchev–Trinajstić information content (AvgIpc) is 3.18. The summed E-state index contributed by atoms with van der Waals surface area (Å²) in [6, 6.07) is 16.3. The lowest BCUT2D eigenvalue weighted by atomic mass is 9.93. The second-order valence-electron chi connectivity index (χ2n) is 15.1. The van der Waals surface area contributed by atoms with E-state index in [0.717, 1.165) is 115 Å². The van der Waals surface area contributed by atoms with Gasteiger partial charge < -0.3 is 39.7 Å². The second-order valence-corrected chi connectivity index (χ2v) is 15.1. The molecule has 5 atom stereocenters. The van der Waals surface area contributed by atoms with Crippen LogP contribution in [0.15, 0.2) is 48.5 Å². The van der Waals surface area contributed by atoms with Crippen LogP contribution in [-0.4, -0.2) is 144 Å². The lowest BCUT2D eigenvalue weighted by molar-refractivity contribution is -0.205. The molecule has 12 nitrogen and oxygen atoms in total. The molecule has 0 radical (unpaired) electrons. The van der Waals surface area contributed by atoms with Crippen molar-refractivity contribution in [3.8, 4) is 0 Å². The Kier molecular flexibility index (Phi) is 13.4. The number of aliphatic hydroxyl groups excluding tert-OH is 3. The van der Waals surface area contributed by atoms with Crippen LogP contribution in [0.25, 0.3) is 0 Å². The first-order valence-corrected chi connectivity index (χ1v) is 19.5. The lowest BCUT2D eigenvalue weighted by Crippen LogP contribution is -2.61. The van der Waals surface area contributed by atoms with Gasteiger partial charge in [0.1, 0.15) is 18.3 Å². The van der Waals surface area contributed by atoms with E-state index in [1.165, 1.54) is 11.1 Å². The topological polar surface area (TPSA) is 146 Å². The van der Waals surface area contributed by atoms with Crippen molar-refractivity contribution < 1.29 is 39.5 Å². The average molecular weight is 723 g/mol. The Morgan fingerprint density at radius 3 is 1.58 bits per heavy atom. The van der Waals surface area contributed by atoms with Gasteiger partial charge in [-0.15, -0.1) is 0 Å². The van der Waals surface area contributed by atoms with Crippen LogP contribution in [-0.2, 0) is 31.9 Å². The van der Waals surface area contributed by atoms with Crippen molar-refractivity contribution >= 4 is 23.3 Å². The fraction of sp³-hybridized carbons (Fsp3) is 0.650. The molecule has 4 aliphatic heterocycles. The van der Waals surface area contributed by atoms with Crippen LogP contribution in [0.5, 0.6) is 0 Å². The molecule has 4 N–H and O–H groups in total. The van der Waals surface area contributed by atoms with Gasteiger partial charge in [-0.3, -0.25) is 9.80 Å². The van der Waals surface area contributed by atoms with Crippen LogP contribution in [0.1, 0.15) is 62.5 Å². The Hall–Kier alpha value is -3.26. The summed E-state index contributed by atoms with van der Waals surface area (Å²) in [7, 11) is 0. The van der Waals surface area contributed by atoms with Gasteiger partial charge in [-0.25, -0.2) is 9.59 Å². The molecule has 6 rings (SSSR count). The van der Waals surface area contributed by atoms with Crippen LogP contribution in [0.2, 0.25) is 0 Å². The monoisotopic (exact) mass is 722 g/mol. The lowest BCUT2D eigenvalue weighted by Gasteiger charge is -2.38. The number of nitrogens with zero attached hydrogens (tertiary/aromatic N) is 4. The highest BCUT2D eigenvalue weighted by Gasteiger charge is 2.51. The molecule has 4 heterocycles. The van der Waals surface area contributed by atoms with E-state index in [-0.39, 0.29) is 0 Å². The Labute approximate surface area is 307 Å². The van der Waals surface area contributed by atoms with Gasteiger partial charge in [-0.05, 0) is 101 Å². The quantitative estimate of drug-likeness (QED) is 0.200. The van der Waals surface area contributed by atoms with E-state index in [2.05, 4.69) is 37.8 Å². The zero-order valence-corrected chi connectivity index (χ0v) is 30.5. The van der Waals surface area contributed by atoms with Crippen LogP contribution >= 0.6 is 0 Å². The molecule has 2 fully saturated rings. The number of esters is 2. The molecule has 0 aliphatic carbocycles. The number of rotatable bonds is 15.